The Bertz CT molecular complexity index is 455. The fourth-order valence-electron chi connectivity index (χ4n) is 2.44. The Hall–Kier alpha value is -1.76. The highest BCUT2D eigenvalue weighted by Gasteiger charge is 2.43. The molecule has 0 aromatic carbocycles. The van der Waals surface area contributed by atoms with E-state index in [1.807, 2.05) is 13.0 Å². The highest BCUT2D eigenvalue weighted by atomic mass is 16.6. The number of hydroxylamine groups is 2. The van der Waals surface area contributed by atoms with Crippen molar-refractivity contribution in [3.8, 4) is 0 Å². The fraction of sp³-hybridized carbons (Fsp3) is 0.692. The van der Waals surface area contributed by atoms with Gasteiger partial charge in [0.2, 0.25) is 0 Å². The predicted molar refractivity (Wildman–Crippen MR) is 71.3 cm³/mol. The molecular formula is C13H21N3O4. The number of carbonyl (C=O) groups excluding carboxylic acids is 2. The van der Waals surface area contributed by atoms with E-state index in [1.165, 1.54) is 0 Å². The van der Waals surface area contributed by atoms with Crippen molar-refractivity contribution in [3.05, 3.63) is 11.6 Å². The number of hydrogen-bond donors (Lipinski definition) is 2. The van der Waals surface area contributed by atoms with Crippen LogP contribution in [0, 0.1) is 0 Å². The fourth-order valence-corrected chi connectivity index (χ4v) is 2.44. The van der Waals surface area contributed by atoms with Crippen LogP contribution in [0.1, 0.15) is 27.7 Å². The molecule has 1 saturated heterocycles. The van der Waals surface area contributed by atoms with Crippen LogP contribution >= 0.6 is 0 Å². The highest BCUT2D eigenvalue weighted by molar-refractivity contribution is 5.78. The molecule has 7 heteroatoms. The quantitative estimate of drug-likeness (QED) is 0.592. The molecule has 0 spiro atoms. The van der Waals surface area contributed by atoms with Gasteiger partial charge in [-0.3, -0.25) is 5.21 Å². The second-order valence-electron chi connectivity index (χ2n) is 6.16. The topological polar surface area (TPSA) is 82.1 Å². The molecule has 0 unspecified atom stereocenters. The number of urea groups is 1. The molecule has 112 valence electrons. The number of nitrogens with one attached hydrogen (secondary N) is 1. The van der Waals surface area contributed by atoms with Gasteiger partial charge in [-0.2, -0.15) is 5.06 Å². The lowest BCUT2D eigenvalue weighted by molar-refractivity contribution is -0.0452. The maximum absolute atomic E-state index is 11.8. The largest absolute Gasteiger partial charge is 0.444 e. The summed E-state index contributed by atoms with van der Waals surface area (Å²) in [7, 11) is 0. The standard InChI is InChI=1S/C13H21N3O4/c1-8-5-9-7-15(12(18)16(9)19)10(8)6-14-11(17)20-13(2,3)4/h5,9-10,19H,6-7H2,1-4H3,(H,14,17)/t9-,10+/m0/s1. The van der Waals surface area contributed by atoms with Gasteiger partial charge in [0, 0.05) is 13.1 Å². The molecule has 0 aliphatic carbocycles. The minimum absolute atomic E-state index is 0.247. The van der Waals surface area contributed by atoms with Crippen LogP contribution in [0.2, 0.25) is 0 Å². The summed E-state index contributed by atoms with van der Waals surface area (Å²) < 4.78 is 5.16. The molecule has 0 aromatic heterocycles. The maximum atomic E-state index is 11.8. The number of rotatable bonds is 2. The Morgan fingerprint density at radius 1 is 1.55 bits per heavy atom. The first-order chi connectivity index (χ1) is 9.19. The molecule has 2 N–H and O–H groups in total. The average molecular weight is 283 g/mol. The van der Waals surface area contributed by atoms with Crippen LogP contribution in [0.5, 0.6) is 0 Å². The number of nitrogens with zero attached hydrogens (tertiary/aromatic N) is 2. The first-order valence-electron chi connectivity index (χ1n) is 6.63. The maximum Gasteiger partial charge on any atom is 0.407 e. The van der Waals surface area contributed by atoms with Crippen molar-refractivity contribution < 1.29 is 19.5 Å². The van der Waals surface area contributed by atoms with E-state index in [0.29, 0.717) is 6.54 Å². The van der Waals surface area contributed by atoms with Crippen LogP contribution in [-0.4, -0.2) is 58.1 Å². The first-order valence-corrected chi connectivity index (χ1v) is 6.63. The van der Waals surface area contributed by atoms with Gasteiger partial charge in [-0.05, 0) is 27.7 Å². The van der Waals surface area contributed by atoms with Crippen molar-refractivity contribution in [2.75, 3.05) is 13.1 Å². The van der Waals surface area contributed by atoms with Crippen LogP contribution in [0.25, 0.3) is 0 Å². The minimum atomic E-state index is -0.558. The lowest BCUT2D eigenvalue weighted by Gasteiger charge is -2.30. The second kappa shape index (κ2) is 4.97. The van der Waals surface area contributed by atoms with Crippen LogP contribution in [0.4, 0.5) is 9.59 Å². The number of hydrogen-bond acceptors (Lipinski definition) is 4. The third-order valence-electron chi connectivity index (χ3n) is 3.34. The molecule has 2 bridgehead atoms. The Labute approximate surface area is 118 Å². The molecule has 0 radical (unpaired) electrons. The normalized spacial score (nSPS) is 25.6. The Kier molecular flexibility index (Phi) is 3.64. The molecule has 7 nitrogen and oxygen atoms in total. The average Bonchev–Trinajstić information content (AvgIpc) is 2.52. The van der Waals surface area contributed by atoms with Crippen molar-refractivity contribution >= 4 is 12.1 Å². The van der Waals surface area contributed by atoms with Gasteiger partial charge < -0.3 is 15.0 Å². The second-order valence-corrected chi connectivity index (χ2v) is 6.16. The van der Waals surface area contributed by atoms with Crippen molar-refractivity contribution in [1.29, 1.82) is 0 Å². The molecule has 0 saturated carbocycles. The molecule has 2 rings (SSSR count). The zero-order chi connectivity index (χ0) is 15.1. The Morgan fingerprint density at radius 2 is 2.20 bits per heavy atom. The third-order valence-corrected chi connectivity index (χ3v) is 3.34. The molecule has 20 heavy (non-hydrogen) atoms. The van der Waals surface area contributed by atoms with Crippen molar-refractivity contribution in [3.63, 3.8) is 0 Å². The van der Waals surface area contributed by atoms with Crippen LogP contribution in [0.3, 0.4) is 0 Å². The smallest absolute Gasteiger partial charge is 0.407 e. The number of amides is 3. The first kappa shape index (κ1) is 14.6. The summed E-state index contributed by atoms with van der Waals surface area (Å²) in [6.45, 7) is 7.95. The summed E-state index contributed by atoms with van der Waals surface area (Å²) in [4.78, 5) is 25.0. The number of fused-ring (bicyclic) bond motifs is 2. The molecule has 2 aliphatic rings. The predicted octanol–water partition coefficient (Wildman–Crippen LogP) is 1.33. The van der Waals surface area contributed by atoms with Crippen molar-refractivity contribution in [2.24, 2.45) is 0 Å². The molecule has 2 aliphatic heterocycles. The van der Waals surface area contributed by atoms with E-state index in [0.717, 1.165) is 10.6 Å². The minimum Gasteiger partial charge on any atom is -0.444 e. The van der Waals surface area contributed by atoms with E-state index in [1.54, 1.807) is 25.7 Å². The Balaban J connectivity index is 1.97. The van der Waals surface area contributed by atoms with Gasteiger partial charge in [0.05, 0.1) is 12.1 Å². The van der Waals surface area contributed by atoms with E-state index in [9.17, 15) is 14.8 Å². The van der Waals surface area contributed by atoms with Crippen LogP contribution in [-0.2, 0) is 4.74 Å². The lowest BCUT2D eigenvalue weighted by Crippen LogP contribution is -2.47. The number of ether oxygens (including phenoxy) is 1. The van der Waals surface area contributed by atoms with Crippen LogP contribution < -0.4 is 5.32 Å². The highest BCUT2D eigenvalue weighted by Crippen LogP contribution is 2.27. The summed E-state index contributed by atoms with van der Waals surface area (Å²) in [5.74, 6) is 0. The monoisotopic (exact) mass is 283 g/mol. The number of carbonyl (C=O) groups is 2. The molecule has 3 amide bonds. The van der Waals surface area contributed by atoms with E-state index in [2.05, 4.69) is 5.32 Å². The van der Waals surface area contributed by atoms with Gasteiger partial charge in [0.25, 0.3) is 0 Å². The summed E-state index contributed by atoms with van der Waals surface area (Å²) >= 11 is 0. The molecular weight excluding hydrogens is 262 g/mol. The van der Waals surface area contributed by atoms with Gasteiger partial charge in [-0.1, -0.05) is 11.6 Å². The lowest BCUT2D eigenvalue weighted by atomic mass is 10.0. The SMILES string of the molecule is CC1=C[C@H]2CN(C(=O)N2O)[C@@H]1CNC(=O)OC(C)(C)C. The van der Waals surface area contributed by atoms with Gasteiger partial charge in [0.1, 0.15) is 5.60 Å². The molecule has 2 heterocycles. The molecule has 2 atom stereocenters. The summed E-state index contributed by atoms with van der Waals surface area (Å²) in [6.07, 6.45) is 1.34. The molecule has 1 fully saturated rings. The number of alkyl carbamates (subject to hydrolysis) is 1. The van der Waals surface area contributed by atoms with E-state index in [4.69, 9.17) is 4.74 Å². The van der Waals surface area contributed by atoms with Crippen molar-refractivity contribution in [2.45, 2.75) is 45.4 Å². The van der Waals surface area contributed by atoms with E-state index < -0.39 is 17.7 Å². The summed E-state index contributed by atoms with van der Waals surface area (Å²) in [5, 5.41) is 13.0. The molecule has 0 aromatic rings. The van der Waals surface area contributed by atoms with Crippen LogP contribution in [0.15, 0.2) is 11.6 Å². The van der Waals surface area contributed by atoms with Crippen molar-refractivity contribution in [1.82, 2.24) is 15.3 Å². The zero-order valence-electron chi connectivity index (χ0n) is 12.2. The summed E-state index contributed by atoms with van der Waals surface area (Å²) in [6, 6.07) is -0.970. The van der Waals surface area contributed by atoms with E-state index >= 15 is 0 Å². The zero-order valence-corrected chi connectivity index (χ0v) is 12.2. The third kappa shape index (κ3) is 2.87. The van der Waals surface area contributed by atoms with E-state index in [-0.39, 0.29) is 18.6 Å². The van der Waals surface area contributed by atoms with Gasteiger partial charge in [-0.15, -0.1) is 0 Å². The summed E-state index contributed by atoms with van der Waals surface area (Å²) in [5.41, 5.74) is 0.389. The van der Waals surface area contributed by atoms with Gasteiger partial charge in [0.15, 0.2) is 0 Å². The van der Waals surface area contributed by atoms with Gasteiger partial charge in [-0.25, -0.2) is 9.59 Å². The van der Waals surface area contributed by atoms with Gasteiger partial charge >= 0.3 is 12.1 Å². The Morgan fingerprint density at radius 3 is 2.80 bits per heavy atom.